The predicted molar refractivity (Wildman–Crippen MR) is 70.4 cm³/mol. The lowest BCUT2D eigenvalue weighted by Crippen LogP contribution is -2.47. The molecule has 1 atom stereocenters. The molecule has 0 aromatic heterocycles. The van der Waals surface area contributed by atoms with Crippen LogP contribution < -0.4 is 5.32 Å². The van der Waals surface area contributed by atoms with Gasteiger partial charge in [-0.05, 0) is 31.9 Å². The number of aliphatic carboxylic acids is 1. The fraction of sp³-hybridized carbons (Fsp3) is 0.500. The first kappa shape index (κ1) is 14.7. The molecule has 0 aliphatic rings. The molecule has 0 bridgehead atoms. The fourth-order valence-electron chi connectivity index (χ4n) is 1.43. The second-order valence-electron chi connectivity index (χ2n) is 5.14. The summed E-state index contributed by atoms with van der Waals surface area (Å²) < 4.78 is 0. The maximum Gasteiger partial charge on any atom is 0.307 e. The van der Waals surface area contributed by atoms with Gasteiger partial charge in [0.25, 0.3) is 0 Å². The molecular weight excluding hydrogens is 230 g/mol. The van der Waals surface area contributed by atoms with Crippen molar-refractivity contribution in [3.63, 3.8) is 0 Å². The van der Waals surface area contributed by atoms with Gasteiger partial charge in [0, 0.05) is 12.1 Å². The average molecular weight is 251 g/mol. The maximum absolute atomic E-state index is 10.5. The first-order chi connectivity index (χ1) is 8.31. The highest BCUT2D eigenvalue weighted by Crippen LogP contribution is 2.11. The quantitative estimate of drug-likeness (QED) is 0.717. The monoisotopic (exact) mass is 251 g/mol. The summed E-state index contributed by atoms with van der Waals surface area (Å²) in [6, 6.07) is 7.45. The number of carboxylic acids is 1. The molecule has 4 nitrogen and oxygen atoms in total. The van der Waals surface area contributed by atoms with Crippen LogP contribution in [-0.4, -0.2) is 27.8 Å². The lowest BCUT2D eigenvalue weighted by atomic mass is 9.98. The zero-order valence-corrected chi connectivity index (χ0v) is 11.1. The van der Waals surface area contributed by atoms with E-state index in [9.17, 15) is 9.90 Å². The number of carbonyl (C=O) groups is 1. The number of nitrogens with one attached hydrogen (secondary N) is 1. The number of benzene rings is 1. The molecule has 0 amide bonds. The van der Waals surface area contributed by atoms with E-state index in [1.165, 1.54) is 0 Å². The van der Waals surface area contributed by atoms with Crippen molar-refractivity contribution in [2.75, 3.05) is 0 Å². The van der Waals surface area contributed by atoms with Crippen molar-refractivity contribution in [3.05, 3.63) is 35.4 Å². The molecule has 4 heteroatoms. The summed E-state index contributed by atoms with van der Waals surface area (Å²) in [5.74, 6) is -0.823. The number of carboxylic acid groups (broad SMARTS) is 1. The van der Waals surface area contributed by atoms with Gasteiger partial charge < -0.3 is 15.5 Å². The topological polar surface area (TPSA) is 69.6 Å². The lowest BCUT2D eigenvalue weighted by molar-refractivity contribution is -0.136. The standard InChI is InChI=1S/C14H21NO3/c1-10(16)14(2,3)15-9-12-6-4-11(5-7-12)8-13(17)18/h4-7,10,15-16H,8-9H2,1-3H3,(H,17,18). The van der Waals surface area contributed by atoms with Crippen LogP contribution in [0.3, 0.4) is 0 Å². The van der Waals surface area contributed by atoms with Gasteiger partial charge in [0.05, 0.1) is 12.5 Å². The second-order valence-corrected chi connectivity index (χ2v) is 5.14. The number of aliphatic hydroxyl groups is 1. The minimum atomic E-state index is -0.823. The van der Waals surface area contributed by atoms with Crippen LogP contribution >= 0.6 is 0 Å². The Hall–Kier alpha value is -1.39. The highest BCUT2D eigenvalue weighted by molar-refractivity contribution is 5.70. The van der Waals surface area contributed by atoms with Crippen LogP contribution in [0.25, 0.3) is 0 Å². The van der Waals surface area contributed by atoms with Crippen LogP contribution in [0.1, 0.15) is 31.9 Å². The SMILES string of the molecule is CC(O)C(C)(C)NCc1ccc(CC(=O)O)cc1. The zero-order chi connectivity index (χ0) is 13.8. The molecule has 1 aromatic rings. The highest BCUT2D eigenvalue weighted by Gasteiger charge is 2.22. The smallest absolute Gasteiger partial charge is 0.307 e. The predicted octanol–water partition coefficient (Wildman–Crippen LogP) is 1.56. The van der Waals surface area contributed by atoms with E-state index in [0.717, 1.165) is 11.1 Å². The van der Waals surface area contributed by atoms with E-state index >= 15 is 0 Å². The molecule has 100 valence electrons. The first-order valence-electron chi connectivity index (χ1n) is 6.04. The Labute approximate surface area is 108 Å². The Balaban J connectivity index is 2.56. The average Bonchev–Trinajstić information content (AvgIpc) is 2.27. The maximum atomic E-state index is 10.5. The van der Waals surface area contributed by atoms with Crippen molar-refractivity contribution in [3.8, 4) is 0 Å². The van der Waals surface area contributed by atoms with Crippen LogP contribution in [0.2, 0.25) is 0 Å². The minimum Gasteiger partial charge on any atom is -0.481 e. The normalized spacial score (nSPS) is 13.3. The van der Waals surface area contributed by atoms with Gasteiger partial charge in [-0.15, -0.1) is 0 Å². The molecule has 0 saturated carbocycles. The molecule has 0 fully saturated rings. The van der Waals surface area contributed by atoms with Gasteiger partial charge in [-0.3, -0.25) is 4.79 Å². The molecular formula is C14H21NO3. The molecule has 0 heterocycles. The van der Waals surface area contributed by atoms with Crippen LogP contribution in [0.4, 0.5) is 0 Å². The van der Waals surface area contributed by atoms with Gasteiger partial charge in [0.15, 0.2) is 0 Å². The van der Waals surface area contributed by atoms with Crippen molar-refractivity contribution in [2.45, 2.75) is 45.4 Å². The van der Waals surface area contributed by atoms with E-state index in [1.807, 2.05) is 38.1 Å². The molecule has 0 radical (unpaired) electrons. The van der Waals surface area contributed by atoms with Gasteiger partial charge in [-0.1, -0.05) is 24.3 Å². The zero-order valence-electron chi connectivity index (χ0n) is 11.1. The molecule has 18 heavy (non-hydrogen) atoms. The summed E-state index contributed by atoms with van der Waals surface area (Å²) in [5.41, 5.74) is 1.51. The molecule has 0 aliphatic carbocycles. The molecule has 3 N–H and O–H groups in total. The molecule has 1 rings (SSSR count). The molecule has 0 saturated heterocycles. The fourth-order valence-corrected chi connectivity index (χ4v) is 1.43. The Bertz CT molecular complexity index is 396. The first-order valence-corrected chi connectivity index (χ1v) is 6.04. The van der Waals surface area contributed by atoms with Crippen LogP contribution in [0.5, 0.6) is 0 Å². The summed E-state index contributed by atoms with van der Waals surface area (Å²) in [6.07, 6.45) is -0.392. The van der Waals surface area contributed by atoms with Gasteiger partial charge >= 0.3 is 5.97 Å². The third-order valence-corrected chi connectivity index (χ3v) is 3.17. The van der Waals surface area contributed by atoms with Crippen molar-refractivity contribution in [2.24, 2.45) is 0 Å². The van der Waals surface area contributed by atoms with E-state index in [2.05, 4.69) is 5.32 Å². The van der Waals surface area contributed by atoms with Crippen molar-refractivity contribution in [1.29, 1.82) is 0 Å². The Kier molecular flexibility index (Phi) is 4.87. The molecule has 0 aliphatic heterocycles. The summed E-state index contributed by atoms with van der Waals surface area (Å²) in [6.45, 7) is 6.28. The van der Waals surface area contributed by atoms with E-state index < -0.39 is 12.1 Å². The summed E-state index contributed by atoms with van der Waals surface area (Å²) >= 11 is 0. The van der Waals surface area contributed by atoms with Crippen LogP contribution in [0.15, 0.2) is 24.3 Å². The van der Waals surface area contributed by atoms with E-state index in [0.29, 0.717) is 6.54 Å². The lowest BCUT2D eigenvalue weighted by Gasteiger charge is -2.29. The third-order valence-electron chi connectivity index (χ3n) is 3.17. The highest BCUT2D eigenvalue weighted by atomic mass is 16.4. The summed E-state index contributed by atoms with van der Waals surface area (Å²) in [5, 5.41) is 21.5. The summed E-state index contributed by atoms with van der Waals surface area (Å²) in [7, 11) is 0. The Morgan fingerprint density at radius 1 is 1.28 bits per heavy atom. The van der Waals surface area contributed by atoms with E-state index in [1.54, 1.807) is 6.92 Å². The van der Waals surface area contributed by atoms with Gasteiger partial charge in [-0.2, -0.15) is 0 Å². The second kappa shape index (κ2) is 5.98. The Morgan fingerprint density at radius 2 is 1.78 bits per heavy atom. The van der Waals surface area contributed by atoms with Crippen molar-refractivity contribution < 1.29 is 15.0 Å². The summed E-state index contributed by atoms with van der Waals surface area (Å²) in [4.78, 5) is 10.5. The third kappa shape index (κ3) is 4.47. The van der Waals surface area contributed by atoms with Gasteiger partial charge in [0.1, 0.15) is 0 Å². The number of rotatable bonds is 6. The van der Waals surface area contributed by atoms with Crippen LogP contribution in [0, 0.1) is 0 Å². The Morgan fingerprint density at radius 3 is 2.22 bits per heavy atom. The van der Waals surface area contributed by atoms with Crippen molar-refractivity contribution in [1.82, 2.24) is 5.32 Å². The molecule has 0 spiro atoms. The van der Waals surface area contributed by atoms with Gasteiger partial charge in [-0.25, -0.2) is 0 Å². The van der Waals surface area contributed by atoms with Crippen molar-refractivity contribution >= 4 is 5.97 Å². The van der Waals surface area contributed by atoms with E-state index in [-0.39, 0.29) is 12.0 Å². The largest absolute Gasteiger partial charge is 0.481 e. The minimum absolute atomic E-state index is 0.0485. The number of hydrogen-bond acceptors (Lipinski definition) is 3. The molecule has 1 aromatic carbocycles. The van der Waals surface area contributed by atoms with Gasteiger partial charge in [0.2, 0.25) is 0 Å². The van der Waals surface area contributed by atoms with Crippen LogP contribution in [-0.2, 0) is 17.8 Å². The number of hydrogen-bond donors (Lipinski definition) is 3. The van der Waals surface area contributed by atoms with E-state index in [4.69, 9.17) is 5.11 Å². The number of aliphatic hydroxyl groups excluding tert-OH is 1. The molecule has 1 unspecified atom stereocenters.